The fourth-order valence-corrected chi connectivity index (χ4v) is 5.26. The lowest BCUT2D eigenvalue weighted by atomic mass is 9.64. The molecule has 0 bridgehead atoms. The molecule has 2 atom stereocenters. The topological polar surface area (TPSA) is 17.1 Å². The van der Waals surface area contributed by atoms with E-state index in [0.717, 1.165) is 49.7 Å². The average molecular weight is 533 g/mol. The number of unbranched alkanes of at least 4 members (excludes halogenated alkanes) is 2. The molecule has 0 aromatic rings. The molecule has 1 nitrogen and oxygen atoms in total. The Hall–Kier alpha value is 0.370. The van der Waals surface area contributed by atoms with Crippen LogP contribution >= 0.6 is 69.6 Å². The van der Waals surface area contributed by atoms with Crippen molar-refractivity contribution in [2.75, 3.05) is 0 Å². The van der Waals surface area contributed by atoms with Crippen LogP contribution in [-0.2, 0) is 4.79 Å². The highest BCUT2D eigenvalue weighted by molar-refractivity contribution is 6.71. The van der Waals surface area contributed by atoms with Gasteiger partial charge in [0.25, 0.3) is 0 Å². The summed E-state index contributed by atoms with van der Waals surface area (Å²) in [5.74, 6) is -0.390. The molecule has 0 heterocycles. The Labute approximate surface area is 210 Å². The first-order chi connectivity index (χ1) is 13.9. The summed E-state index contributed by atoms with van der Waals surface area (Å²) in [6, 6.07) is 0. The highest BCUT2D eigenvalue weighted by Crippen LogP contribution is 2.60. The van der Waals surface area contributed by atoms with Gasteiger partial charge in [-0.1, -0.05) is 144 Å². The summed E-state index contributed by atoms with van der Waals surface area (Å²) in [7, 11) is 0. The number of alkyl halides is 6. The van der Waals surface area contributed by atoms with Crippen LogP contribution in [0.2, 0.25) is 0 Å². The van der Waals surface area contributed by atoms with E-state index in [1.165, 1.54) is 0 Å². The monoisotopic (exact) mass is 530 g/mol. The van der Waals surface area contributed by atoms with Gasteiger partial charge >= 0.3 is 0 Å². The van der Waals surface area contributed by atoms with Gasteiger partial charge in [0.05, 0.1) is 10.8 Å². The largest absolute Gasteiger partial charge is 0.297 e. The first-order valence-electron chi connectivity index (χ1n) is 10.4. The van der Waals surface area contributed by atoms with Crippen molar-refractivity contribution in [3.8, 4) is 0 Å². The van der Waals surface area contributed by atoms with Crippen LogP contribution in [-0.4, -0.2) is 13.4 Å². The second kappa shape index (κ2) is 10.5. The third-order valence-corrected chi connectivity index (χ3v) is 8.02. The zero-order chi connectivity index (χ0) is 22.6. The first-order valence-corrected chi connectivity index (χ1v) is 12.6. The molecule has 30 heavy (non-hydrogen) atoms. The maximum absolute atomic E-state index is 14.1. The number of hydrogen-bond acceptors (Lipinski definition) is 1. The second-order valence-electron chi connectivity index (χ2n) is 8.11. The van der Waals surface area contributed by atoms with Crippen molar-refractivity contribution in [1.29, 1.82) is 0 Å². The average Bonchev–Trinajstić information content (AvgIpc) is 2.69. The summed E-state index contributed by atoms with van der Waals surface area (Å²) < 4.78 is -3.79. The SMILES string of the molecule is CCCCC1=CCC(C(=O)C2(C(Cl)(Cl)Cl)C=CC(CCCC)=CC2)(C(Cl)(Cl)Cl)C=C1. The minimum atomic E-state index is -1.89. The molecule has 2 unspecified atom stereocenters. The number of carbonyl (C=O) groups is 1. The second-order valence-corrected chi connectivity index (χ2v) is 12.7. The van der Waals surface area contributed by atoms with Gasteiger partial charge in [-0.2, -0.15) is 0 Å². The van der Waals surface area contributed by atoms with Crippen molar-refractivity contribution < 1.29 is 4.79 Å². The van der Waals surface area contributed by atoms with Crippen LogP contribution in [0, 0.1) is 10.8 Å². The van der Waals surface area contributed by atoms with E-state index in [1.807, 2.05) is 24.3 Å². The third-order valence-electron chi connectivity index (χ3n) is 6.00. The minimum Gasteiger partial charge on any atom is -0.297 e. The smallest absolute Gasteiger partial charge is 0.206 e. The van der Waals surface area contributed by atoms with Crippen LogP contribution in [0.1, 0.15) is 65.2 Å². The van der Waals surface area contributed by atoms with Crippen molar-refractivity contribution in [2.24, 2.45) is 10.8 Å². The Morgan fingerprint density at radius 3 is 1.40 bits per heavy atom. The zero-order valence-electron chi connectivity index (χ0n) is 17.3. The van der Waals surface area contributed by atoms with Gasteiger partial charge in [0.1, 0.15) is 0 Å². The lowest BCUT2D eigenvalue weighted by molar-refractivity contribution is -0.133. The number of Topliss-reactive ketones (excluding diaryl/α,β-unsaturated/α-hetero) is 1. The number of ketones is 1. The molecular weight excluding hydrogens is 505 g/mol. The molecule has 0 saturated carbocycles. The Morgan fingerprint density at radius 2 is 1.17 bits per heavy atom. The van der Waals surface area contributed by atoms with Gasteiger partial charge in [-0.3, -0.25) is 4.79 Å². The molecule has 0 N–H and O–H groups in total. The fourth-order valence-electron chi connectivity index (χ4n) is 3.90. The van der Waals surface area contributed by atoms with Crippen molar-refractivity contribution in [3.63, 3.8) is 0 Å². The molecule has 2 aliphatic carbocycles. The van der Waals surface area contributed by atoms with E-state index in [4.69, 9.17) is 69.6 Å². The van der Waals surface area contributed by atoms with Crippen molar-refractivity contribution in [2.45, 2.75) is 72.8 Å². The summed E-state index contributed by atoms with van der Waals surface area (Å²) in [6.45, 7) is 4.26. The molecule has 2 rings (SSSR count). The molecule has 7 heteroatoms. The van der Waals surface area contributed by atoms with Crippen LogP contribution in [0.4, 0.5) is 0 Å². The third kappa shape index (κ3) is 5.46. The summed E-state index contributed by atoms with van der Waals surface area (Å²) in [5, 5.41) is 0. The lowest BCUT2D eigenvalue weighted by Gasteiger charge is -2.46. The van der Waals surface area contributed by atoms with Crippen molar-refractivity contribution in [1.82, 2.24) is 0 Å². The minimum absolute atomic E-state index is 0.251. The van der Waals surface area contributed by atoms with Crippen LogP contribution in [0.25, 0.3) is 0 Å². The molecule has 0 amide bonds. The van der Waals surface area contributed by atoms with Crippen LogP contribution in [0.15, 0.2) is 47.6 Å². The molecule has 0 aliphatic heterocycles. The van der Waals surface area contributed by atoms with E-state index in [-0.39, 0.29) is 18.6 Å². The van der Waals surface area contributed by atoms with E-state index >= 15 is 0 Å². The quantitative estimate of drug-likeness (QED) is 0.284. The number of allylic oxidation sites excluding steroid dienone is 8. The number of hydrogen-bond donors (Lipinski definition) is 0. The van der Waals surface area contributed by atoms with E-state index in [0.29, 0.717) is 0 Å². The summed E-state index contributed by atoms with van der Waals surface area (Å²) >= 11 is 38.4. The molecule has 2 aliphatic rings. The van der Waals surface area contributed by atoms with Gasteiger partial charge in [0.15, 0.2) is 5.78 Å². The van der Waals surface area contributed by atoms with Crippen LogP contribution in [0.3, 0.4) is 0 Å². The van der Waals surface area contributed by atoms with Gasteiger partial charge in [0.2, 0.25) is 7.59 Å². The maximum Gasteiger partial charge on any atom is 0.206 e. The van der Waals surface area contributed by atoms with Gasteiger partial charge < -0.3 is 0 Å². The summed E-state index contributed by atoms with van der Waals surface area (Å²) in [6.07, 6.45) is 17.7. The molecule has 0 spiro atoms. The Bertz CT molecular complexity index is 691. The number of rotatable bonds is 8. The van der Waals surface area contributed by atoms with Crippen LogP contribution < -0.4 is 0 Å². The van der Waals surface area contributed by atoms with Gasteiger partial charge in [-0.25, -0.2) is 0 Å². The Kier molecular flexibility index (Phi) is 9.35. The first kappa shape index (κ1) is 26.6. The van der Waals surface area contributed by atoms with E-state index < -0.39 is 18.4 Å². The number of carbonyl (C=O) groups excluding carboxylic acids is 1. The lowest BCUT2D eigenvalue weighted by Crippen LogP contribution is -2.54. The predicted molar refractivity (Wildman–Crippen MR) is 133 cm³/mol. The van der Waals surface area contributed by atoms with Gasteiger partial charge in [-0.05, 0) is 38.5 Å². The standard InChI is InChI=1S/C23H28Cl6O/c1-3-5-7-17-9-13-20(14-10-17,22(24,25)26)19(30)21(23(27,28)29)15-11-18(12-16-21)8-6-4-2/h9-13,15H,3-8,14,16H2,1-2H3. The molecule has 0 aromatic carbocycles. The highest BCUT2D eigenvalue weighted by atomic mass is 35.6. The predicted octanol–water partition coefficient (Wildman–Crippen LogP) is 9.42. The molecule has 168 valence electrons. The fraction of sp³-hybridized carbons (Fsp3) is 0.609. The van der Waals surface area contributed by atoms with Crippen molar-refractivity contribution >= 4 is 75.4 Å². The zero-order valence-corrected chi connectivity index (χ0v) is 21.8. The van der Waals surface area contributed by atoms with E-state index in [1.54, 1.807) is 12.2 Å². The Balaban J connectivity index is 2.43. The Morgan fingerprint density at radius 1 is 0.800 bits per heavy atom. The molecule has 0 fully saturated rings. The summed E-state index contributed by atoms with van der Waals surface area (Å²) in [4.78, 5) is 14.1. The molecule has 0 saturated heterocycles. The molecule has 0 radical (unpaired) electrons. The van der Waals surface area contributed by atoms with Crippen molar-refractivity contribution in [3.05, 3.63) is 47.6 Å². The van der Waals surface area contributed by atoms with Gasteiger partial charge in [-0.15, -0.1) is 0 Å². The summed E-state index contributed by atoms with van der Waals surface area (Å²) in [5.41, 5.74) is -0.593. The van der Waals surface area contributed by atoms with Gasteiger partial charge in [0, 0.05) is 0 Å². The van der Waals surface area contributed by atoms with E-state index in [2.05, 4.69) is 13.8 Å². The van der Waals surface area contributed by atoms with E-state index in [9.17, 15) is 4.79 Å². The molecular formula is C23H28Cl6O. The number of halogens is 6. The molecule has 0 aromatic heterocycles. The normalized spacial score (nSPS) is 27.1. The maximum atomic E-state index is 14.1. The van der Waals surface area contributed by atoms with Crippen LogP contribution in [0.5, 0.6) is 0 Å². The highest BCUT2D eigenvalue weighted by Gasteiger charge is 2.63.